The molecular weight excluding hydrogens is 438 g/mol. The summed E-state index contributed by atoms with van der Waals surface area (Å²) in [5.41, 5.74) is 12.5. The lowest BCUT2D eigenvalue weighted by molar-refractivity contribution is -0.109. The highest BCUT2D eigenvalue weighted by molar-refractivity contribution is 6.05. The summed E-state index contributed by atoms with van der Waals surface area (Å²) in [6.45, 7) is 1.36. The standard InChI is InChI=1S/C28H33N5O2/c1-35-26-9-6-21(7-10-26)18-31-27-11-8-25(16-24(27)17-29)33-14-12-23-15-22(19-32-28(23)33)5-3-2-4-13-30-20-34/h6-7,9-10,12,14-17,19-20H,2-5,8,11,13,18,29H2,1H3,(H,30,34)/b24-17-,31-27?. The second-order valence-electron chi connectivity index (χ2n) is 8.69. The first-order valence-electron chi connectivity index (χ1n) is 12.1. The predicted octanol–water partition coefficient (Wildman–Crippen LogP) is 4.62. The van der Waals surface area contributed by atoms with Crippen LogP contribution in [0.15, 0.2) is 71.6 Å². The fraction of sp³-hybridized carbons (Fsp3) is 0.321. The number of nitrogens with one attached hydrogen (secondary N) is 1. The first kappa shape index (κ1) is 24.3. The molecule has 3 N–H and O–H groups in total. The number of aryl methyl sites for hydroxylation is 1. The summed E-state index contributed by atoms with van der Waals surface area (Å²) in [5, 5.41) is 3.85. The molecule has 0 spiro atoms. The molecule has 0 saturated heterocycles. The van der Waals surface area contributed by atoms with E-state index < -0.39 is 0 Å². The summed E-state index contributed by atoms with van der Waals surface area (Å²) in [6.07, 6.45) is 14.5. The van der Waals surface area contributed by atoms with E-state index in [2.05, 4.69) is 34.3 Å². The highest BCUT2D eigenvalue weighted by Crippen LogP contribution is 2.28. The van der Waals surface area contributed by atoms with Gasteiger partial charge in [0.1, 0.15) is 11.4 Å². The number of unbranched alkanes of at least 4 members (excludes halogenated alkanes) is 2. The third-order valence-corrected chi connectivity index (χ3v) is 6.33. The molecule has 0 atom stereocenters. The SMILES string of the molecule is COc1ccc(CN=C2CCC(n3ccc4cc(CCCCCNC=O)cnc43)=C/C2=C/N)cc1. The Kier molecular flexibility index (Phi) is 8.33. The number of aromatic nitrogens is 2. The molecule has 182 valence electrons. The number of carbonyl (C=O) groups excluding carboxylic acids is 1. The van der Waals surface area contributed by atoms with Gasteiger partial charge in [-0.2, -0.15) is 0 Å². The van der Waals surface area contributed by atoms with Crippen LogP contribution in [0.5, 0.6) is 5.75 Å². The Balaban J connectivity index is 1.42. The van der Waals surface area contributed by atoms with Gasteiger partial charge in [0.15, 0.2) is 0 Å². The number of hydrogen-bond acceptors (Lipinski definition) is 5. The van der Waals surface area contributed by atoms with Crippen molar-refractivity contribution in [2.45, 2.75) is 45.1 Å². The maximum Gasteiger partial charge on any atom is 0.207 e. The average molecular weight is 472 g/mol. The van der Waals surface area contributed by atoms with Crippen LogP contribution in [0.25, 0.3) is 16.7 Å². The lowest BCUT2D eigenvalue weighted by Gasteiger charge is -2.19. The molecule has 1 amide bonds. The zero-order chi connectivity index (χ0) is 24.5. The molecule has 3 aromatic rings. The Bertz CT molecular complexity index is 1240. The third kappa shape index (κ3) is 6.18. The number of pyridine rings is 1. The minimum absolute atomic E-state index is 0.615. The van der Waals surface area contributed by atoms with Gasteiger partial charge in [0.25, 0.3) is 0 Å². The van der Waals surface area contributed by atoms with Gasteiger partial charge in [-0.15, -0.1) is 0 Å². The number of ether oxygens (including phenoxy) is 1. The fourth-order valence-corrected chi connectivity index (χ4v) is 4.38. The zero-order valence-corrected chi connectivity index (χ0v) is 20.2. The molecule has 0 radical (unpaired) electrons. The number of aliphatic imine (C=N–C) groups is 1. The van der Waals surface area contributed by atoms with Crippen molar-refractivity contribution in [3.8, 4) is 5.75 Å². The number of amides is 1. The van der Waals surface area contributed by atoms with Crippen LogP contribution in [-0.2, 0) is 17.8 Å². The normalized spacial score (nSPS) is 16.0. The molecule has 0 saturated carbocycles. The topological polar surface area (TPSA) is 94.5 Å². The summed E-state index contributed by atoms with van der Waals surface area (Å²) in [4.78, 5) is 19.9. The molecule has 7 nitrogen and oxygen atoms in total. The molecule has 2 aromatic heterocycles. The lowest BCUT2D eigenvalue weighted by Crippen LogP contribution is -2.13. The number of hydrogen-bond donors (Lipinski definition) is 2. The van der Waals surface area contributed by atoms with Crippen LogP contribution >= 0.6 is 0 Å². The quantitative estimate of drug-likeness (QED) is 0.315. The van der Waals surface area contributed by atoms with Crippen molar-refractivity contribution < 1.29 is 9.53 Å². The molecule has 0 bridgehead atoms. The number of benzene rings is 1. The Morgan fingerprint density at radius 1 is 1.14 bits per heavy atom. The monoisotopic (exact) mass is 471 g/mol. The van der Waals surface area contributed by atoms with E-state index in [4.69, 9.17) is 20.4 Å². The second-order valence-corrected chi connectivity index (χ2v) is 8.69. The van der Waals surface area contributed by atoms with Gasteiger partial charge in [-0.1, -0.05) is 18.6 Å². The molecule has 0 unspecified atom stereocenters. The minimum Gasteiger partial charge on any atom is -0.497 e. The van der Waals surface area contributed by atoms with Crippen LogP contribution in [0.4, 0.5) is 0 Å². The van der Waals surface area contributed by atoms with Gasteiger partial charge in [0.05, 0.1) is 13.7 Å². The molecule has 4 rings (SSSR count). The van der Waals surface area contributed by atoms with Gasteiger partial charge in [-0.05, 0) is 73.6 Å². The minimum atomic E-state index is 0.615. The summed E-state index contributed by atoms with van der Waals surface area (Å²) in [6, 6.07) is 12.3. The lowest BCUT2D eigenvalue weighted by atomic mass is 9.97. The summed E-state index contributed by atoms with van der Waals surface area (Å²) in [7, 11) is 1.67. The molecule has 35 heavy (non-hydrogen) atoms. The van der Waals surface area contributed by atoms with Crippen molar-refractivity contribution in [2.75, 3.05) is 13.7 Å². The number of fused-ring (bicyclic) bond motifs is 1. The van der Waals surface area contributed by atoms with Gasteiger partial charge >= 0.3 is 0 Å². The number of methoxy groups -OCH3 is 1. The van der Waals surface area contributed by atoms with E-state index in [1.165, 1.54) is 11.3 Å². The molecular formula is C28H33N5O2. The van der Waals surface area contributed by atoms with Gasteiger partial charge in [0, 0.05) is 47.5 Å². The van der Waals surface area contributed by atoms with E-state index in [0.29, 0.717) is 6.54 Å². The summed E-state index contributed by atoms with van der Waals surface area (Å²) in [5.74, 6) is 0.845. The van der Waals surface area contributed by atoms with Crippen molar-refractivity contribution in [3.05, 3.63) is 77.8 Å². The zero-order valence-electron chi connectivity index (χ0n) is 20.2. The van der Waals surface area contributed by atoms with E-state index in [9.17, 15) is 4.79 Å². The van der Waals surface area contributed by atoms with Gasteiger partial charge < -0.3 is 20.4 Å². The van der Waals surface area contributed by atoms with Crippen LogP contribution in [0.2, 0.25) is 0 Å². The highest BCUT2D eigenvalue weighted by atomic mass is 16.5. The number of nitrogens with two attached hydrogens (primary N) is 1. The number of nitrogens with zero attached hydrogens (tertiary/aromatic N) is 3. The van der Waals surface area contributed by atoms with Crippen LogP contribution in [-0.4, -0.2) is 35.3 Å². The summed E-state index contributed by atoms with van der Waals surface area (Å²) >= 11 is 0. The predicted molar refractivity (Wildman–Crippen MR) is 141 cm³/mol. The fourth-order valence-electron chi connectivity index (χ4n) is 4.38. The molecule has 1 aliphatic rings. The number of rotatable bonds is 11. The van der Waals surface area contributed by atoms with E-state index in [-0.39, 0.29) is 0 Å². The van der Waals surface area contributed by atoms with Crippen LogP contribution in [0.3, 0.4) is 0 Å². The Morgan fingerprint density at radius 2 is 2.00 bits per heavy atom. The largest absolute Gasteiger partial charge is 0.497 e. The van der Waals surface area contributed by atoms with Crippen molar-refractivity contribution >= 4 is 28.9 Å². The Labute approximate surface area is 206 Å². The first-order chi connectivity index (χ1) is 17.2. The van der Waals surface area contributed by atoms with Gasteiger partial charge in [-0.3, -0.25) is 9.79 Å². The van der Waals surface area contributed by atoms with Crippen molar-refractivity contribution in [3.63, 3.8) is 0 Å². The number of allylic oxidation sites excluding steroid dienone is 3. The maximum atomic E-state index is 10.3. The van der Waals surface area contributed by atoms with Crippen molar-refractivity contribution in [2.24, 2.45) is 10.7 Å². The molecule has 0 aliphatic heterocycles. The molecule has 0 fully saturated rings. The van der Waals surface area contributed by atoms with Crippen LogP contribution in [0.1, 0.15) is 43.2 Å². The van der Waals surface area contributed by atoms with Gasteiger partial charge in [-0.25, -0.2) is 4.98 Å². The van der Waals surface area contributed by atoms with Crippen molar-refractivity contribution in [1.82, 2.24) is 14.9 Å². The average Bonchev–Trinajstić information content (AvgIpc) is 3.33. The van der Waals surface area contributed by atoms with E-state index in [1.54, 1.807) is 13.3 Å². The second kappa shape index (κ2) is 12.0. The van der Waals surface area contributed by atoms with E-state index in [1.807, 2.05) is 30.5 Å². The first-order valence-corrected chi connectivity index (χ1v) is 12.1. The van der Waals surface area contributed by atoms with Crippen LogP contribution < -0.4 is 15.8 Å². The molecule has 7 heteroatoms. The maximum absolute atomic E-state index is 10.3. The number of carbonyl (C=O) groups is 1. The highest BCUT2D eigenvalue weighted by Gasteiger charge is 2.17. The smallest absolute Gasteiger partial charge is 0.207 e. The molecule has 1 aromatic carbocycles. The molecule has 1 aliphatic carbocycles. The molecule has 2 heterocycles. The Morgan fingerprint density at radius 3 is 2.77 bits per heavy atom. The van der Waals surface area contributed by atoms with Crippen LogP contribution in [0, 0.1) is 0 Å². The Hall–Kier alpha value is -3.87. The van der Waals surface area contributed by atoms with E-state index >= 15 is 0 Å². The third-order valence-electron chi connectivity index (χ3n) is 6.33. The van der Waals surface area contributed by atoms with Gasteiger partial charge in [0.2, 0.25) is 6.41 Å². The van der Waals surface area contributed by atoms with Crippen molar-refractivity contribution in [1.29, 1.82) is 0 Å². The van der Waals surface area contributed by atoms with E-state index in [0.717, 1.165) is 85.1 Å². The summed E-state index contributed by atoms with van der Waals surface area (Å²) < 4.78 is 7.39.